The molecule has 41 heavy (non-hydrogen) atoms. The Morgan fingerprint density at radius 3 is 2.10 bits per heavy atom. The predicted octanol–water partition coefficient (Wildman–Crippen LogP) is 10.6. The third kappa shape index (κ3) is 5.05. The third-order valence-corrected chi connectivity index (χ3v) is 19.0. The van der Waals surface area contributed by atoms with Gasteiger partial charge < -0.3 is 4.43 Å². The molecule has 0 radical (unpaired) electrons. The fraction of sp³-hybridized carbons (Fsp3) is 0.816. The number of hydrogen-bond donors (Lipinski definition) is 0. The minimum Gasteiger partial charge on any atom is -0.413 e. The Kier molecular flexibility index (Phi) is 7.93. The summed E-state index contributed by atoms with van der Waals surface area (Å²) in [6.45, 7) is 27.2. The van der Waals surface area contributed by atoms with E-state index in [0.717, 1.165) is 31.6 Å². The van der Waals surface area contributed by atoms with Gasteiger partial charge in [-0.3, -0.25) is 4.79 Å². The summed E-state index contributed by atoms with van der Waals surface area (Å²) < 4.78 is 7.21. The van der Waals surface area contributed by atoms with E-state index >= 15 is 0 Å². The lowest BCUT2D eigenvalue weighted by atomic mass is 9.34. The highest BCUT2D eigenvalue weighted by atomic mass is 28.4. The molecular formula is C38H62O2Si. The van der Waals surface area contributed by atoms with E-state index in [1.165, 1.54) is 49.7 Å². The molecule has 0 N–H and O–H groups in total. The second kappa shape index (κ2) is 10.3. The van der Waals surface area contributed by atoms with E-state index in [0.29, 0.717) is 34.6 Å². The maximum atomic E-state index is 13.6. The minimum atomic E-state index is -1.83. The third-order valence-electron chi connectivity index (χ3n) is 14.5. The minimum absolute atomic E-state index is 0.145. The van der Waals surface area contributed by atoms with E-state index in [-0.39, 0.29) is 21.8 Å². The van der Waals surface area contributed by atoms with Crippen LogP contribution in [0.2, 0.25) is 18.1 Å². The average Bonchev–Trinajstić information content (AvgIpc) is 2.84. The molecule has 0 bridgehead atoms. The molecule has 0 heterocycles. The van der Waals surface area contributed by atoms with Crippen LogP contribution in [0.3, 0.4) is 0 Å². The fourth-order valence-electron chi connectivity index (χ4n) is 11.3. The van der Waals surface area contributed by atoms with Crippen molar-refractivity contribution in [2.45, 2.75) is 151 Å². The zero-order chi connectivity index (χ0) is 30.2. The van der Waals surface area contributed by atoms with Gasteiger partial charge in [-0.25, -0.2) is 0 Å². The number of benzene rings is 1. The van der Waals surface area contributed by atoms with E-state index in [4.69, 9.17) is 4.43 Å². The van der Waals surface area contributed by atoms with Crippen LogP contribution in [0.4, 0.5) is 0 Å². The Balaban J connectivity index is 1.39. The first-order chi connectivity index (χ1) is 18.9. The lowest BCUT2D eigenvalue weighted by molar-refractivity contribution is -0.222. The quantitative estimate of drug-likeness (QED) is 0.325. The second-order valence-corrected chi connectivity index (χ2v) is 22.8. The Morgan fingerprint density at radius 2 is 1.44 bits per heavy atom. The second-order valence-electron chi connectivity index (χ2n) is 18.1. The van der Waals surface area contributed by atoms with Crippen molar-refractivity contribution in [3.05, 3.63) is 35.4 Å². The van der Waals surface area contributed by atoms with Gasteiger partial charge in [0.1, 0.15) is 5.78 Å². The van der Waals surface area contributed by atoms with Gasteiger partial charge in [0.2, 0.25) is 0 Å². The summed E-state index contributed by atoms with van der Waals surface area (Å²) in [7, 11) is -1.83. The molecule has 1 aromatic rings. The van der Waals surface area contributed by atoms with Crippen molar-refractivity contribution in [3.8, 4) is 0 Å². The van der Waals surface area contributed by atoms with E-state index in [2.05, 4.69) is 99.7 Å². The van der Waals surface area contributed by atoms with Gasteiger partial charge >= 0.3 is 0 Å². The summed E-state index contributed by atoms with van der Waals surface area (Å²) in [5.41, 5.74) is 3.77. The van der Waals surface area contributed by atoms with Crippen molar-refractivity contribution in [2.75, 3.05) is 0 Å². The lowest BCUT2D eigenvalue weighted by Crippen LogP contribution is -2.65. The first kappa shape index (κ1) is 31.5. The Morgan fingerprint density at radius 1 is 0.854 bits per heavy atom. The Labute approximate surface area is 254 Å². The van der Waals surface area contributed by atoms with Gasteiger partial charge in [0, 0.05) is 12.3 Å². The van der Waals surface area contributed by atoms with Crippen molar-refractivity contribution < 1.29 is 9.22 Å². The molecule has 4 aliphatic carbocycles. The van der Waals surface area contributed by atoms with Crippen LogP contribution in [0.1, 0.15) is 124 Å². The van der Waals surface area contributed by atoms with Gasteiger partial charge in [0.25, 0.3) is 0 Å². The average molecular weight is 579 g/mol. The smallest absolute Gasteiger partial charge is 0.192 e. The molecule has 0 spiro atoms. The molecule has 4 saturated carbocycles. The number of rotatable bonds is 5. The van der Waals surface area contributed by atoms with Crippen LogP contribution < -0.4 is 0 Å². The van der Waals surface area contributed by atoms with Gasteiger partial charge in [-0.1, -0.05) is 85.2 Å². The van der Waals surface area contributed by atoms with Crippen LogP contribution in [-0.4, -0.2) is 20.2 Å². The van der Waals surface area contributed by atoms with Gasteiger partial charge in [-0.05, 0) is 128 Å². The van der Waals surface area contributed by atoms with E-state index in [9.17, 15) is 4.79 Å². The Hall–Kier alpha value is -0.933. The van der Waals surface area contributed by atoms with E-state index < -0.39 is 8.32 Å². The SMILES string of the molecule is Cc1cccc(CC[C@@H]2C(=O)CC[C@H]3[C@]4(C)CC[C@H]5C(C)(C)[C@@H](O[Si](C)(C)C(C)(C)C)CC[C@]5(C)[C@H]4CC[C@@]32C)c1. The summed E-state index contributed by atoms with van der Waals surface area (Å²) in [5, 5.41) is 0.247. The van der Waals surface area contributed by atoms with E-state index in [1.54, 1.807) is 0 Å². The van der Waals surface area contributed by atoms with Gasteiger partial charge in [0.05, 0.1) is 6.10 Å². The number of ketones is 1. The molecule has 0 aliphatic heterocycles. The maximum Gasteiger partial charge on any atom is 0.192 e. The fourth-order valence-corrected chi connectivity index (χ4v) is 12.8. The molecule has 0 unspecified atom stereocenters. The number of carbonyl (C=O) groups is 1. The molecule has 0 amide bonds. The van der Waals surface area contributed by atoms with Crippen LogP contribution in [0.5, 0.6) is 0 Å². The van der Waals surface area contributed by atoms with Crippen molar-refractivity contribution in [2.24, 2.45) is 45.3 Å². The molecule has 4 aliphatic rings. The molecule has 230 valence electrons. The normalized spacial score (nSPS) is 40.9. The van der Waals surface area contributed by atoms with Crippen LogP contribution in [0.15, 0.2) is 24.3 Å². The Bertz CT molecular complexity index is 1150. The monoisotopic (exact) mass is 578 g/mol. The van der Waals surface area contributed by atoms with Crippen LogP contribution in [0, 0.1) is 52.3 Å². The zero-order valence-corrected chi connectivity index (χ0v) is 29.6. The summed E-state index contributed by atoms with van der Waals surface area (Å²) in [4.78, 5) is 13.6. The van der Waals surface area contributed by atoms with Crippen LogP contribution in [0.25, 0.3) is 0 Å². The van der Waals surface area contributed by atoms with Crippen molar-refractivity contribution >= 4 is 14.1 Å². The zero-order valence-electron chi connectivity index (χ0n) is 28.6. The van der Waals surface area contributed by atoms with Gasteiger partial charge in [-0.2, -0.15) is 0 Å². The first-order valence-electron chi connectivity index (χ1n) is 17.1. The van der Waals surface area contributed by atoms with Crippen molar-refractivity contribution in [1.29, 1.82) is 0 Å². The topological polar surface area (TPSA) is 26.3 Å². The molecule has 8 atom stereocenters. The largest absolute Gasteiger partial charge is 0.413 e. The highest BCUT2D eigenvalue weighted by Crippen LogP contribution is 2.73. The lowest BCUT2D eigenvalue weighted by Gasteiger charge is -2.70. The molecule has 0 aromatic heterocycles. The molecular weight excluding hydrogens is 517 g/mol. The van der Waals surface area contributed by atoms with E-state index in [1.807, 2.05) is 0 Å². The highest BCUT2D eigenvalue weighted by Gasteiger charge is 2.67. The maximum absolute atomic E-state index is 13.6. The summed E-state index contributed by atoms with van der Waals surface area (Å²) in [5.74, 6) is 2.91. The first-order valence-corrected chi connectivity index (χ1v) is 20.0. The summed E-state index contributed by atoms with van der Waals surface area (Å²) >= 11 is 0. The standard InChI is InChI=1S/C38H62O2Si/c1-26-13-12-14-27(25-26)15-16-28-29(39)17-18-31-36(28,7)22-20-32-37(8)24-21-33(40-41(10,11)34(2,3)4)35(5,6)30(37)19-23-38(31,32)9/h12-14,25,28,30-33H,15-24H2,1-11H3/t28-,30+,31-,32-,33+,36-,37+,38+/m1/s1. The molecule has 1 aromatic carbocycles. The van der Waals surface area contributed by atoms with Crippen molar-refractivity contribution in [3.63, 3.8) is 0 Å². The number of hydrogen-bond acceptors (Lipinski definition) is 2. The molecule has 2 nitrogen and oxygen atoms in total. The number of Topliss-reactive ketones (excluding diaryl/α,β-unsaturated/α-hetero) is 1. The highest BCUT2D eigenvalue weighted by molar-refractivity contribution is 6.74. The predicted molar refractivity (Wildman–Crippen MR) is 176 cm³/mol. The number of aryl methyl sites for hydroxylation is 2. The number of carbonyl (C=O) groups excluding carboxylic acids is 1. The number of fused-ring (bicyclic) bond motifs is 5. The molecule has 4 fully saturated rings. The molecule has 3 heteroatoms. The van der Waals surface area contributed by atoms with Gasteiger partial charge in [0.15, 0.2) is 8.32 Å². The van der Waals surface area contributed by atoms with Crippen molar-refractivity contribution in [1.82, 2.24) is 0 Å². The van der Waals surface area contributed by atoms with Crippen LogP contribution >= 0.6 is 0 Å². The van der Waals surface area contributed by atoms with Crippen LogP contribution in [-0.2, 0) is 15.6 Å². The summed E-state index contributed by atoms with van der Waals surface area (Å²) in [6, 6.07) is 8.93. The van der Waals surface area contributed by atoms with Gasteiger partial charge in [-0.15, -0.1) is 0 Å². The molecule has 5 rings (SSSR count). The summed E-state index contributed by atoms with van der Waals surface area (Å²) in [6.07, 6.45) is 12.0. The molecule has 0 saturated heterocycles.